The van der Waals surface area contributed by atoms with Crippen molar-refractivity contribution in [2.75, 3.05) is 0 Å². The average Bonchev–Trinajstić information content (AvgIpc) is 2.68. The Balaban J connectivity index is 2.25. The van der Waals surface area contributed by atoms with Crippen molar-refractivity contribution < 1.29 is 9.84 Å². The molecule has 0 aromatic carbocycles. The van der Waals surface area contributed by atoms with Crippen LogP contribution >= 0.6 is 27.3 Å². The molecule has 2 heterocycles. The summed E-state index contributed by atoms with van der Waals surface area (Å²) in [4.78, 5) is 6.17. The van der Waals surface area contributed by atoms with Gasteiger partial charge in [0.25, 0.3) is 0 Å². The van der Waals surface area contributed by atoms with Gasteiger partial charge in [-0.2, -0.15) is 0 Å². The third-order valence-electron chi connectivity index (χ3n) is 2.57. The minimum atomic E-state index is -0.668. The molecule has 2 rings (SSSR count). The molecule has 0 saturated heterocycles. The molecule has 0 aliphatic rings. The molecule has 2 aromatic rings. The second-order valence-corrected chi connectivity index (χ2v) is 6.72. The van der Waals surface area contributed by atoms with Gasteiger partial charge in [0, 0.05) is 26.0 Å². The summed E-state index contributed by atoms with van der Waals surface area (Å²) in [7, 11) is 0. The van der Waals surface area contributed by atoms with Crippen molar-refractivity contribution in [1.82, 2.24) is 4.98 Å². The zero-order valence-electron chi connectivity index (χ0n) is 11.1. The van der Waals surface area contributed by atoms with E-state index in [1.165, 1.54) is 0 Å². The highest BCUT2D eigenvalue weighted by Gasteiger charge is 2.15. The van der Waals surface area contributed by atoms with Gasteiger partial charge in [-0.25, -0.2) is 0 Å². The molecule has 3 nitrogen and oxygen atoms in total. The van der Waals surface area contributed by atoms with E-state index < -0.39 is 6.10 Å². The predicted octanol–water partition coefficient (Wildman–Crippen LogP) is 4.08. The number of halogens is 1. The molecular formula is C14H16BrNO2S. The number of hydrogen-bond donors (Lipinski definition) is 1. The largest absolute Gasteiger partial charge is 0.489 e. The topological polar surface area (TPSA) is 42.4 Å². The number of aromatic nitrogens is 1. The first-order valence-electron chi connectivity index (χ1n) is 6.03. The first kappa shape index (κ1) is 14.5. The smallest absolute Gasteiger partial charge is 0.138 e. The lowest BCUT2D eigenvalue weighted by atomic mass is 10.1. The molecule has 1 N–H and O–H groups in total. The third kappa shape index (κ3) is 3.55. The minimum Gasteiger partial charge on any atom is -0.489 e. The molecule has 102 valence electrons. The number of rotatable bonds is 4. The highest BCUT2D eigenvalue weighted by Crippen LogP contribution is 2.34. The van der Waals surface area contributed by atoms with Gasteiger partial charge in [0.05, 0.1) is 12.3 Å². The number of pyridine rings is 1. The van der Waals surface area contributed by atoms with Crippen LogP contribution in [0, 0.1) is 6.92 Å². The Morgan fingerprint density at radius 1 is 1.32 bits per heavy atom. The molecule has 0 saturated carbocycles. The van der Waals surface area contributed by atoms with E-state index in [1.807, 2.05) is 32.9 Å². The summed E-state index contributed by atoms with van der Waals surface area (Å²) in [5.41, 5.74) is 0.742. The summed E-state index contributed by atoms with van der Waals surface area (Å²) in [6.45, 7) is 5.94. The van der Waals surface area contributed by atoms with E-state index in [0.717, 1.165) is 19.8 Å². The highest BCUT2D eigenvalue weighted by molar-refractivity contribution is 9.10. The molecule has 1 unspecified atom stereocenters. The lowest BCUT2D eigenvalue weighted by Crippen LogP contribution is -2.07. The Bertz CT molecular complexity index is 549. The summed E-state index contributed by atoms with van der Waals surface area (Å²) >= 11 is 5.03. The highest BCUT2D eigenvalue weighted by atomic mass is 79.9. The van der Waals surface area contributed by atoms with Crippen molar-refractivity contribution in [3.63, 3.8) is 0 Å². The summed E-state index contributed by atoms with van der Waals surface area (Å²) in [5.74, 6) is 0.680. The van der Waals surface area contributed by atoms with E-state index >= 15 is 0 Å². The van der Waals surface area contributed by atoms with E-state index in [1.54, 1.807) is 23.7 Å². The van der Waals surface area contributed by atoms with Gasteiger partial charge in [0.1, 0.15) is 11.9 Å². The van der Waals surface area contributed by atoms with Crippen molar-refractivity contribution >= 4 is 27.3 Å². The van der Waals surface area contributed by atoms with Crippen LogP contribution in [0.2, 0.25) is 0 Å². The number of aryl methyl sites for hydroxylation is 1. The van der Waals surface area contributed by atoms with Gasteiger partial charge in [-0.3, -0.25) is 4.98 Å². The minimum absolute atomic E-state index is 0.0901. The lowest BCUT2D eigenvalue weighted by Gasteiger charge is -2.12. The lowest BCUT2D eigenvalue weighted by molar-refractivity contribution is 0.219. The Morgan fingerprint density at radius 2 is 2.05 bits per heavy atom. The number of aliphatic hydroxyl groups is 1. The zero-order valence-corrected chi connectivity index (χ0v) is 13.5. The van der Waals surface area contributed by atoms with Crippen LogP contribution in [0.5, 0.6) is 5.75 Å². The van der Waals surface area contributed by atoms with Crippen molar-refractivity contribution in [3.8, 4) is 5.75 Å². The van der Waals surface area contributed by atoms with Crippen molar-refractivity contribution in [2.45, 2.75) is 33.0 Å². The van der Waals surface area contributed by atoms with Gasteiger partial charge < -0.3 is 9.84 Å². The fraction of sp³-hybridized carbons (Fsp3) is 0.357. The van der Waals surface area contributed by atoms with Gasteiger partial charge in [-0.1, -0.05) is 0 Å². The SMILES string of the molecule is Cc1sc(C(O)c2cncc(OC(C)C)c2)cc1Br. The molecule has 0 fully saturated rings. The van der Waals surface area contributed by atoms with Gasteiger partial charge in [0.2, 0.25) is 0 Å². The van der Waals surface area contributed by atoms with E-state index in [2.05, 4.69) is 20.9 Å². The quantitative estimate of drug-likeness (QED) is 0.910. The van der Waals surface area contributed by atoms with Crippen LogP contribution in [0.25, 0.3) is 0 Å². The average molecular weight is 342 g/mol. The van der Waals surface area contributed by atoms with E-state index in [4.69, 9.17) is 4.74 Å². The molecule has 2 aromatic heterocycles. The summed E-state index contributed by atoms with van der Waals surface area (Å²) in [6, 6.07) is 3.78. The number of nitrogens with zero attached hydrogens (tertiary/aromatic N) is 1. The molecule has 1 atom stereocenters. The maximum absolute atomic E-state index is 10.4. The Labute approximate surface area is 125 Å². The number of ether oxygens (including phenoxy) is 1. The van der Waals surface area contributed by atoms with Crippen LogP contribution in [0.4, 0.5) is 0 Å². The maximum Gasteiger partial charge on any atom is 0.138 e. The molecule has 0 amide bonds. The van der Waals surface area contributed by atoms with E-state index in [-0.39, 0.29) is 6.10 Å². The molecule has 0 bridgehead atoms. The van der Waals surface area contributed by atoms with Gasteiger partial charge in [0.15, 0.2) is 0 Å². The van der Waals surface area contributed by atoms with E-state index in [0.29, 0.717) is 5.75 Å². The second-order valence-electron chi connectivity index (χ2n) is 4.58. The predicted molar refractivity (Wildman–Crippen MR) is 80.8 cm³/mol. The van der Waals surface area contributed by atoms with Crippen LogP contribution in [-0.2, 0) is 0 Å². The van der Waals surface area contributed by atoms with Crippen LogP contribution in [0.1, 0.15) is 35.3 Å². The van der Waals surface area contributed by atoms with Crippen LogP contribution in [0.15, 0.2) is 29.0 Å². The van der Waals surface area contributed by atoms with Gasteiger partial charge >= 0.3 is 0 Å². The number of thiophene rings is 1. The second kappa shape index (κ2) is 6.03. The zero-order chi connectivity index (χ0) is 14.0. The van der Waals surface area contributed by atoms with Crippen LogP contribution < -0.4 is 4.74 Å². The van der Waals surface area contributed by atoms with Crippen molar-refractivity contribution in [3.05, 3.63) is 44.3 Å². The maximum atomic E-state index is 10.4. The molecule has 19 heavy (non-hydrogen) atoms. The van der Waals surface area contributed by atoms with E-state index in [9.17, 15) is 5.11 Å². The van der Waals surface area contributed by atoms with Crippen molar-refractivity contribution in [1.29, 1.82) is 0 Å². The molecular weight excluding hydrogens is 326 g/mol. The molecule has 0 aliphatic heterocycles. The first-order chi connectivity index (χ1) is 8.97. The summed E-state index contributed by atoms with van der Waals surface area (Å²) in [6.07, 6.45) is 2.75. The molecule has 0 spiro atoms. The Kier molecular flexibility index (Phi) is 4.60. The van der Waals surface area contributed by atoms with Gasteiger partial charge in [-0.05, 0) is 48.8 Å². The molecule has 0 aliphatic carbocycles. The van der Waals surface area contributed by atoms with Crippen LogP contribution in [0.3, 0.4) is 0 Å². The molecule has 5 heteroatoms. The fourth-order valence-electron chi connectivity index (χ4n) is 1.70. The Morgan fingerprint density at radius 3 is 2.63 bits per heavy atom. The number of aliphatic hydroxyl groups excluding tert-OH is 1. The molecule has 0 radical (unpaired) electrons. The fourth-order valence-corrected chi connectivity index (χ4v) is 3.28. The van der Waals surface area contributed by atoms with Gasteiger partial charge in [-0.15, -0.1) is 11.3 Å². The first-order valence-corrected chi connectivity index (χ1v) is 7.64. The van der Waals surface area contributed by atoms with Crippen molar-refractivity contribution in [2.24, 2.45) is 0 Å². The van der Waals surface area contributed by atoms with Crippen LogP contribution in [-0.4, -0.2) is 16.2 Å². The number of hydrogen-bond acceptors (Lipinski definition) is 4. The third-order valence-corrected chi connectivity index (χ3v) is 4.76. The monoisotopic (exact) mass is 341 g/mol. The summed E-state index contributed by atoms with van der Waals surface area (Å²) in [5, 5.41) is 10.4. The Hall–Kier alpha value is -0.910. The summed E-state index contributed by atoms with van der Waals surface area (Å²) < 4.78 is 6.61. The standard InChI is InChI=1S/C14H16BrNO2S/c1-8(2)18-11-4-10(6-16-7-11)14(17)13-5-12(15)9(3)19-13/h4-8,14,17H,1-3H3. The normalized spacial score (nSPS) is 12.7.